The first-order valence-electron chi connectivity index (χ1n) is 13.0. The summed E-state index contributed by atoms with van der Waals surface area (Å²) in [5.41, 5.74) is 2.86. The zero-order valence-electron chi connectivity index (χ0n) is 23.3. The first-order chi connectivity index (χ1) is 18.8. The minimum absolute atomic E-state index is 0.0187. The highest BCUT2D eigenvalue weighted by atomic mass is 35.5. The van der Waals surface area contributed by atoms with Gasteiger partial charge in [0, 0.05) is 13.1 Å². The summed E-state index contributed by atoms with van der Waals surface area (Å²) in [4.78, 5) is 28.5. The number of anilines is 1. The minimum Gasteiger partial charge on any atom is -0.354 e. The molecular formula is C30H35Cl2N3O4S. The molecule has 0 aliphatic carbocycles. The molecule has 1 N–H and O–H groups in total. The maximum Gasteiger partial charge on any atom is 0.264 e. The van der Waals surface area contributed by atoms with E-state index in [1.165, 1.54) is 35.2 Å². The number of aryl methyl sites for hydroxylation is 2. The van der Waals surface area contributed by atoms with E-state index in [9.17, 15) is 18.0 Å². The van der Waals surface area contributed by atoms with Gasteiger partial charge in [-0.25, -0.2) is 8.42 Å². The molecule has 0 aromatic heterocycles. The van der Waals surface area contributed by atoms with Gasteiger partial charge >= 0.3 is 0 Å². The van der Waals surface area contributed by atoms with Crippen molar-refractivity contribution in [3.05, 3.63) is 93.5 Å². The van der Waals surface area contributed by atoms with Crippen LogP contribution in [0.25, 0.3) is 0 Å². The standard InChI is InChI=1S/C30H35Cl2N3O4S/c1-20(2)17-33-30(37)23(5)34(18-24-9-7-6-8-22(24)4)29(36)19-35(25-12-15-27(31)28(32)16-25)40(38,39)26-13-10-21(3)11-14-26/h6-16,20,23H,17-19H2,1-5H3,(H,33,37)/t23-/m1/s1. The number of hydrogen-bond acceptors (Lipinski definition) is 4. The molecule has 0 heterocycles. The Morgan fingerprint density at radius 3 is 2.15 bits per heavy atom. The number of halogens is 2. The van der Waals surface area contributed by atoms with E-state index >= 15 is 0 Å². The van der Waals surface area contributed by atoms with Crippen LogP contribution in [0.3, 0.4) is 0 Å². The highest BCUT2D eigenvalue weighted by molar-refractivity contribution is 7.92. The lowest BCUT2D eigenvalue weighted by atomic mass is 10.1. The average Bonchev–Trinajstić information content (AvgIpc) is 2.91. The molecule has 0 spiro atoms. The van der Waals surface area contributed by atoms with Gasteiger partial charge in [0.15, 0.2) is 0 Å². The first kappa shape index (κ1) is 31.5. The summed E-state index contributed by atoms with van der Waals surface area (Å²) < 4.78 is 28.8. The molecule has 0 fully saturated rings. The van der Waals surface area contributed by atoms with Gasteiger partial charge in [0.1, 0.15) is 12.6 Å². The third-order valence-corrected chi connectivity index (χ3v) is 9.06. The van der Waals surface area contributed by atoms with Crippen molar-refractivity contribution in [2.45, 2.75) is 52.1 Å². The molecule has 1 atom stereocenters. The molecule has 0 radical (unpaired) electrons. The van der Waals surface area contributed by atoms with Crippen molar-refractivity contribution in [2.75, 3.05) is 17.4 Å². The van der Waals surface area contributed by atoms with Gasteiger partial charge in [0.25, 0.3) is 10.0 Å². The van der Waals surface area contributed by atoms with Gasteiger partial charge in [-0.3, -0.25) is 13.9 Å². The second-order valence-electron chi connectivity index (χ2n) is 10.2. The third kappa shape index (κ3) is 7.77. The molecule has 3 rings (SSSR count). The molecule has 0 saturated carbocycles. The fraction of sp³-hybridized carbons (Fsp3) is 0.333. The monoisotopic (exact) mass is 603 g/mol. The van der Waals surface area contributed by atoms with E-state index in [4.69, 9.17) is 23.2 Å². The molecule has 0 bridgehead atoms. The van der Waals surface area contributed by atoms with Crippen LogP contribution in [0.5, 0.6) is 0 Å². The maximum absolute atomic E-state index is 14.0. The minimum atomic E-state index is -4.19. The van der Waals surface area contributed by atoms with Gasteiger partial charge in [0.05, 0.1) is 20.6 Å². The Balaban J connectivity index is 2.05. The number of hydrogen-bond donors (Lipinski definition) is 1. The van der Waals surface area contributed by atoms with E-state index in [0.717, 1.165) is 21.0 Å². The van der Waals surface area contributed by atoms with Crippen LogP contribution < -0.4 is 9.62 Å². The summed E-state index contributed by atoms with van der Waals surface area (Å²) >= 11 is 12.4. The Morgan fingerprint density at radius 2 is 1.55 bits per heavy atom. The second kappa shape index (κ2) is 13.5. The lowest BCUT2D eigenvalue weighted by molar-refractivity contribution is -0.139. The third-order valence-electron chi connectivity index (χ3n) is 6.53. The van der Waals surface area contributed by atoms with Crippen molar-refractivity contribution in [3.63, 3.8) is 0 Å². The van der Waals surface area contributed by atoms with Crippen molar-refractivity contribution < 1.29 is 18.0 Å². The summed E-state index contributed by atoms with van der Waals surface area (Å²) in [5, 5.41) is 3.28. The van der Waals surface area contributed by atoms with E-state index < -0.39 is 28.5 Å². The van der Waals surface area contributed by atoms with Crippen molar-refractivity contribution >= 4 is 50.7 Å². The fourth-order valence-electron chi connectivity index (χ4n) is 4.01. The van der Waals surface area contributed by atoms with Gasteiger partial charge in [0.2, 0.25) is 11.8 Å². The summed E-state index contributed by atoms with van der Waals surface area (Å²) in [5.74, 6) is -0.642. The Kier molecular flexibility index (Phi) is 10.6. The Bertz CT molecular complexity index is 1460. The van der Waals surface area contributed by atoms with Gasteiger partial charge in [-0.05, 0) is 68.1 Å². The number of nitrogens with zero attached hydrogens (tertiary/aromatic N) is 2. The Hall–Kier alpha value is -3.07. The maximum atomic E-state index is 14.0. The van der Waals surface area contributed by atoms with E-state index in [1.807, 2.05) is 52.0 Å². The van der Waals surface area contributed by atoms with Gasteiger partial charge in [-0.1, -0.05) is 79.0 Å². The van der Waals surface area contributed by atoms with Crippen molar-refractivity contribution in [1.29, 1.82) is 0 Å². The van der Waals surface area contributed by atoms with Gasteiger partial charge in [-0.15, -0.1) is 0 Å². The van der Waals surface area contributed by atoms with Crippen molar-refractivity contribution in [2.24, 2.45) is 5.92 Å². The zero-order valence-corrected chi connectivity index (χ0v) is 25.6. The highest BCUT2D eigenvalue weighted by Gasteiger charge is 2.33. The van der Waals surface area contributed by atoms with Gasteiger partial charge in [-0.2, -0.15) is 0 Å². The van der Waals surface area contributed by atoms with Crippen LogP contribution >= 0.6 is 23.2 Å². The summed E-state index contributed by atoms with van der Waals surface area (Å²) in [7, 11) is -4.19. The fourth-order valence-corrected chi connectivity index (χ4v) is 5.71. The molecule has 214 valence electrons. The van der Waals surface area contributed by atoms with Crippen LogP contribution in [0.2, 0.25) is 10.0 Å². The van der Waals surface area contributed by atoms with Crippen molar-refractivity contribution in [3.8, 4) is 0 Å². The van der Waals surface area contributed by atoms with Crippen LogP contribution in [0.4, 0.5) is 5.69 Å². The van der Waals surface area contributed by atoms with Crippen LogP contribution in [-0.4, -0.2) is 44.3 Å². The van der Waals surface area contributed by atoms with E-state index in [2.05, 4.69) is 5.32 Å². The topological polar surface area (TPSA) is 86.8 Å². The molecular weight excluding hydrogens is 569 g/mol. The van der Waals surface area contributed by atoms with Crippen molar-refractivity contribution in [1.82, 2.24) is 10.2 Å². The molecule has 0 aliphatic rings. The number of carbonyl (C=O) groups is 2. The molecule has 40 heavy (non-hydrogen) atoms. The predicted octanol–water partition coefficient (Wildman–Crippen LogP) is 6.00. The highest BCUT2D eigenvalue weighted by Crippen LogP contribution is 2.31. The summed E-state index contributed by atoms with van der Waals surface area (Å²) in [6.45, 7) is 9.40. The lowest BCUT2D eigenvalue weighted by Gasteiger charge is -2.32. The number of carbonyl (C=O) groups excluding carboxylic acids is 2. The number of amides is 2. The smallest absolute Gasteiger partial charge is 0.264 e. The van der Waals surface area contributed by atoms with Crippen LogP contribution in [0, 0.1) is 19.8 Å². The molecule has 2 amide bonds. The Morgan fingerprint density at radius 1 is 0.900 bits per heavy atom. The zero-order chi connectivity index (χ0) is 29.6. The second-order valence-corrected chi connectivity index (χ2v) is 12.9. The largest absolute Gasteiger partial charge is 0.354 e. The van der Waals surface area contributed by atoms with Gasteiger partial charge < -0.3 is 10.2 Å². The quantitative estimate of drug-likeness (QED) is 0.291. The number of rotatable bonds is 11. The summed E-state index contributed by atoms with van der Waals surface area (Å²) in [6, 6.07) is 17.4. The molecule has 10 heteroatoms. The predicted molar refractivity (Wildman–Crippen MR) is 161 cm³/mol. The van der Waals surface area contributed by atoms with E-state index in [-0.39, 0.29) is 39.0 Å². The summed E-state index contributed by atoms with van der Waals surface area (Å²) in [6.07, 6.45) is 0. The van der Waals surface area contributed by atoms with E-state index in [1.54, 1.807) is 19.1 Å². The molecule has 3 aromatic carbocycles. The molecule has 0 aliphatic heterocycles. The molecule has 0 unspecified atom stereocenters. The van der Waals surface area contributed by atoms with Crippen LogP contribution in [0.15, 0.2) is 71.6 Å². The average molecular weight is 605 g/mol. The van der Waals surface area contributed by atoms with Crippen LogP contribution in [-0.2, 0) is 26.2 Å². The lowest BCUT2D eigenvalue weighted by Crippen LogP contribution is -2.51. The molecule has 0 saturated heterocycles. The first-order valence-corrected chi connectivity index (χ1v) is 15.2. The Labute approximate surface area is 247 Å². The number of benzene rings is 3. The van der Waals surface area contributed by atoms with E-state index in [0.29, 0.717) is 6.54 Å². The molecule has 3 aromatic rings. The normalized spacial score (nSPS) is 12.2. The SMILES string of the molecule is Cc1ccc(S(=O)(=O)N(CC(=O)N(Cc2ccccc2C)[C@H](C)C(=O)NCC(C)C)c2ccc(Cl)c(Cl)c2)cc1. The van der Waals surface area contributed by atoms with Crippen LogP contribution in [0.1, 0.15) is 37.5 Å². The number of sulfonamides is 1. The number of nitrogens with one attached hydrogen (secondary N) is 1. The molecule has 7 nitrogen and oxygen atoms in total.